The van der Waals surface area contributed by atoms with Crippen LogP contribution < -0.4 is 10.1 Å². The van der Waals surface area contributed by atoms with E-state index in [0.717, 1.165) is 34.4 Å². The number of ether oxygens (including phenoxy) is 1. The third-order valence-electron chi connectivity index (χ3n) is 5.61. The van der Waals surface area contributed by atoms with E-state index in [1.165, 1.54) is 12.8 Å². The molecule has 2 aromatic heterocycles. The predicted molar refractivity (Wildman–Crippen MR) is 122 cm³/mol. The Bertz CT molecular complexity index is 1270. The van der Waals surface area contributed by atoms with Crippen LogP contribution in [0.15, 0.2) is 60.9 Å². The van der Waals surface area contributed by atoms with E-state index in [1.807, 2.05) is 36.4 Å². The molecule has 0 radical (unpaired) electrons. The minimum atomic E-state index is -0.537. The second kappa shape index (κ2) is 8.67. The van der Waals surface area contributed by atoms with Crippen molar-refractivity contribution in [1.29, 1.82) is 5.26 Å². The van der Waals surface area contributed by atoms with Crippen molar-refractivity contribution < 1.29 is 9.13 Å². The van der Waals surface area contributed by atoms with Gasteiger partial charge in [0, 0.05) is 36.1 Å². The predicted octanol–water partition coefficient (Wildman–Crippen LogP) is 5.47. The minimum absolute atomic E-state index is 0.0202. The first-order chi connectivity index (χ1) is 15.8. The minimum Gasteiger partial charge on any atom is -0.491 e. The van der Waals surface area contributed by atoms with Gasteiger partial charge < -0.3 is 14.6 Å². The molecular formula is C25H22FN5O. The van der Waals surface area contributed by atoms with Gasteiger partial charge in [-0.2, -0.15) is 5.26 Å². The number of rotatable bonds is 8. The molecule has 4 aromatic rings. The Kier molecular flexibility index (Phi) is 5.42. The Morgan fingerprint density at radius 3 is 2.59 bits per heavy atom. The smallest absolute Gasteiger partial charge is 0.227 e. The summed E-state index contributed by atoms with van der Waals surface area (Å²) in [4.78, 5) is 8.38. The van der Waals surface area contributed by atoms with Crippen molar-refractivity contribution in [1.82, 2.24) is 14.5 Å². The molecule has 0 saturated heterocycles. The monoisotopic (exact) mass is 427 g/mol. The molecule has 5 rings (SSSR count). The number of nitrogens with one attached hydrogen (secondary N) is 1. The molecule has 1 N–H and O–H groups in total. The molecule has 0 amide bonds. The Morgan fingerprint density at radius 2 is 1.91 bits per heavy atom. The molecule has 32 heavy (non-hydrogen) atoms. The lowest BCUT2D eigenvalue weighted by Crippen LogP contribution is -2.03. The van der Waals surface area contributed by atoms with Crippen molar-refractivity contribution in [3.63, 3.8) is 0 Å². The lowest BCUT2D eigenvalue weighted by molar-refractivity contribution is 0.273. The number of hydrogen-bond acceptors (Lipinski definition) is 5. The van der Waals surface area contributed by atoms with Gasteiger partial charge in [0.15, 0.2) is 0 Å². The van der Waals surface area contributed by atoms with Gasteiger partial charge in [0.2, 0.25) is 5.95 Å². The van der Waals surface area contributed by atoms with Crippen LogP contribution >= 0.6 is 0 Å². The highest BCUT2D eigenvalue weighted by Crippen LogP contribution is 2.39. The van der Waals surface area contributed by atoms with Crippen molar-refractivity contribution in [3.05, 3.63) is 66.5 Å². The van der Waals surface area contributed by atoms with Crippen molar-refractivity contribution in [2.45, 2.75) is 19.4 Å². The average Bonchev–Trinajstić information content (AvgIpc) is 3.60. The van der Waals surface area contributed by atoms with Crippen molar-refractivity contribution in [2.24, 2.45) is 5.92 Å². The van der Waals surface area contributed by atoms with Gasteiger partial charge >= 0.3 is 0 Å². The molecule has 1 aliphatic rings. The topological polar surface area (TPSA) is 75.8 Å². The zero-order chi connectivity index (χ0) is 21.9. The quantitative estimate of drug-likeness (QED) is 0.403. The highest BCUT2D eigenvalue weighted by atomic mass is 19.1. The molecule has 1 aliphatic carbocycles. The second-order valence-corrected chi connectivity index (χ2v) is 7.88. The number of halogens is 1. The summed E-state index contributed by atoms with van der Waals surface area (Å²) in [6.07, 6.45) is 5.76. The molecule has 7 heteroatoms. The van der Waals surface area contributed by atoms with Crippen molar-refractivity contribution >= 4 is 22.5 Å². The SMILES string of the molecule is N#Cc1c(-c2ccc(Nc3ncccn3)cc2)n(CC2CC2)c2cc(OCCF)ccc12. The second-order valence-electron chi connectivity index (χ2n) is 7.88. The van der Waals surface area contributed by atoms with Gasteiger partial charge in [-0.3, -0.25) is 0 Å². The van der Waals surface area contributed by atoms with Crippen LogP contribution in [0.2, 0.25) is 0 Å². The molecule has 0 atom stereocenters. The van der Waals surface area contributed by atoms with Crippen LogP contribution in [0.3, 0.4) is 0 Å². The van der Waals surface area contributed by atoms with Gasteiger partial charge in [0.05, 0.1) is 16.8 Å². The largest absolute Gasteiger partial charge is 0.491 e. The summed E-state index contributed by atoms with van der Waals surface area (Å²) < 4.78 is 20.3. The summed E-state index contributed by atoms with van der Waals surface area (Å²) in [5, 5.41) is 14.1. The van der Waals surface area contributed by atoms with Crippen LogP contribution in [-0.4, -0.2) is 27.8 Å². The first-order valence-electron chi connectivity index (χ1n) is 10.7. The summed E-state index contributed by atoms with van der Waals surface area (Å²) in [6, 6.07) is 17.7. The van der Waals surface area contributed by atoms with Gasteiger partial charge in [-0.1, -0.05) is 12.1 Å². The van der Waals surface area contributed by atoms with E-state index in [-0.39, 0.29) is 6.61 Å². The van der Waals surface area contributed by atoms with E-state index in [1.54, 1.807) is 24.5 Å². The van der Waals surface area contributed by atoms with Crippen LogP contribution in [0, 0.1) is 17.2 Å². The van der Waals surface area contributed by atoms with Crippen LogP contribution in [-0.2, 0) is 6.54 Å². The molecule has 160 valence electrons. The fraction of sp³-hybridized carbons (Fsp3) is 0.240. The van der Waals surface area contributed by atoms with Gasteiger partial charge in [-0.25, -0.2) is 14.4 Å². The number of nitrogens with zero attached hydrogens (tertiary/aromatic N) is 4. The Hall–Kier alpha value is -3.92. The maximum Gasteiger partial charge on any atom is 0.227 e. The van der Waals surface area contributed by atoms with E-state index in [2.05, 4.69) is 25.9 Å². The molecular weight excluding hydrogens is 405 g/mol. The van der Waals surface area contributed by atoms with E-state index in [0.29, 0.717) is 23.2 Å². The Morgan fingerprint density at radius 1 is 1.12 bits per heavy atom. The average molecular weight is 427 g/mol. The van der Waals surface area contributed by atoms with Crippen molar-refractivity contribution in [3.8, 4) is 23.1 Å². The molecule has 0 bridgehead atoms. The molecule has 2 aromatic carbocycles. The first-order valence-corrected chi connectivity index (χ1v) is 10.7. The number of anilines is 2. The Balaban J connectivity index is 1.56. The van der Waals surface area contributed by atoms with E-state index < -0.39 is 6.67 Å². The van der Waals surface area contributed by atoms with Gasteiger partial charge in [-0.15, -0.1) is 0 Å². The molecule has 1 fully saturated rings. The molecule has 6 nitrogen and oxygen atoms in total. The first kappa shape index (κ1) is 20.0. The van der Waals surface area contributed by atoms with Crippen LogP contribution in [0.25, 0.3) is 22.2 Å². The molecule has 0 spiro atoms. The third-order valence-corrected chi connectivity index (χ3v) is 5.61. The van der Waals surface area contributed by atoms with E-state index in [4.69, 9.17) is 4.74 Å². The van der Waals surface area contributed by atoms with Crippen LogP contribution in [0.4, 0.5) is 16.0 Å². The number of aromatic nitrogens is 3. The van der Waals surface area contributed by atoms with Gasteiger partial charge in [0.1, 0.15) is 25.1 Å². The lowest BCUT2D eigenvalue weighted by atomic mass is 10.1. The zero-order valence-electron chi connectivity index (χ0n) is 17.5. The number of benzene rings is 2. The standard InChI is InChI=1S/C25H22FN5O/c26-10-13-32-20-8-9-21-22(15-27)24(31(23(21)14-20)16-17-2-3-17)18-4-6-19(7-5-18)30-25-28-11-1-12-29-25/h1,4-9,11-12,14,17H,2-3,10,13,16H2,(H,28,29,30). The maximum atomic E-state index is 12.6. The Labute approximate surface area is 185 Å². The fourth-order valence-corrected chi connectivity index (χ4v) is 3.94. The fourth-order valence-electron chi connectivity index (χ4n) is 3.94. The number of nitriles is 1. The number of fused-ring (bicyclic) bond motifs is 1. The van der Waals surface area contributed by atoms with Gasteiger partial charge in [-0.05, 0) is 54.7 Å². The summed E-state index contributed by atoms with van der Waals surface area (Å²) in [7, 11) is 0. The number of hydrogen-bond donors (Lipinski definition) is 1. The molecule has 0 aliphatic heterocycles. The molecule has 0 unspecified atom stereocenters. The third kappa shape index (κ3) is 4.00. The highest BCUT2D eigenvalue weighted by Gasteiger charge is 2.26. The normalized spacial score (nSPS) is 13.1. The summed E-state index contributed by atoms with van der Waals surface area (Å²) in [6.45, 7) is 0.328. The van der Waals surface area contributed by atoms with E-state index in [9.17, 15) is 9.65 Å². The maximum absolute atomic E-state index is 12.6. The molecule has 1 saturated carbocycles. The van der Waals surface area contributed by atoms with Gasteiger partial charge in [0.25, 0.3) is 0 Å². The van der Waals surface area contributed by atoms with Crippen molar-refractivity contribution in [2.75, 3.05) is 18.6 Å². The summed E-state index contributed by atoms with van der Waals surface area (Å²) >= 11 is 0. The summed E-state index contributed by atoms with van der Waals surface area (Å²) in [5.41, 5.74) is 4.32. The lowest BCUT2D eigenvalue weighted by Gasteiger charge is -2.12. The number of alkyl halides is 1. The molecule has 2 heterocycles. The summed E-state index contributed by atoms with van der Waals surface area (Å²) in [5.74, 6) is 1.76. The highest BCUT2D eigenvalue weighted by molar-refractivity contribution is 5.95. The van der Waals surface area contributed by atoms with E-state index >= 15 is 0 Å². The van der Waals surface area contributed by atoms with Crippen LogP contribution in [0.5, 0.6) is 5.75 Å². The zero-order valence-corrected chi connectivity index (χ0v) is 17.5. The van der Waals surface area contributed by atoms with Crippen LogP contribution in [0.1, 0.15) is 18.4 Å².